The third kappa shape index (κ3) is 4.13. The maximum Gasteiger partial charge on any atom is 0.230 e. The Balaban J connectivity index is 1.66. The van der Waals surface area contributed by atoms with E-state index in [1.165, 1.54) is 5.56 Å². The largest absolute Gasteiger partial charge is 0.497 e. The third-order valence-corrected chi connectivity index (χ3v) is 5.18. The van der Waals surface area contributed by atoms with Crippen LogP contribution >= 0.6 is 0 Å². The van der Waals surface area contributed by atoms with Crippen molar-refractivity contribution in [2.45, 2.75) is 39.7 Å². The number of pyridine rings is 1. The molecule has 0 spiro atoms. The van der Waals surface area contributed by atoms with Gasteiger partial charge in [0.15, 0.2) is 11.5 Å². The molecule has 4 rings (SSSR count). The van der Waals surface area contributed by atoms with Crippen molar-refractivity contribution < 1.29 is 9.53 Å². The molecule has 6 nitrogen and oxygen atoms in total. The van der Waals surface area contributed by atoms with Crippen LogP contribution in [0.4, 0.5) is 5.82 Å². The van der Waals surface area contributed by atoms with Crippen LogP contribution in [0.2, 0.25) is 0 Å². The molecule has 0 radical (unpaired) electrons. The Hall–Kier alpha value is -3.41. The molecular weight excluding hydrogens is 376 g/mol. The summed E-state index contributed by atoms with van der Waals surface area (Å²) in [6.45, 7) is 4.98. The van der Waals surface area contributed by atoms with Crippen LogP contribution < -0.4 is 10.1 Å². The number of nitrogens with one attached hydrogen (secondary N) is 1. The summed E-state index contributed by atoms with van der Waals surface area (Å²) in [6.07, 6.45) is 2.34. The van der Waals surface area contributed by atoms with E-state index in [9.17, 15) is 4.79 Å². The molecule has 0 fully saturated rings. The van der Waals surface area contributed by atoms with Gasteiger partial charge in [-0.05, 0) is 49.2 Å². The number of benzene rings is 2. The summed E-state index contributed by atoms with van der Waals surface area (Å²) in [5.74, 6) is 1.23. The van der Waals surface area contributed by atoms with Crippen molar-refractivity contribution in [1.29, 1.82) is 0 Å². The first-order valence-electron chi connectivity index (χ1n) is 10.3. The molecule has 1 amide bonds. The van der Waals surface area contributed by atoms with Crippen LogP contribution in [0.5, 0.6) is 5.75 Å². The Morgan fingerprint density at radius 1 is 1.13 bits per heavy atom. The predicted octanol–water partition coefficient (Wildman–Crippen LogP) is 4.88. The zero-order valence-electron chi connectivity index (χ0n) is 17.6. The molecule has 0 saturated heterocycles. The van der Waals surface area contributed by atoms with Gasteiger partial charge in [0.1, 0.15) is 5.75 Å². The van der Waals surface area contributed by atoms with E-state index < -0.39 is 0 Å². The number of ether oxygens (including phenoxy) is 1. The van der Waals surface area contributed by atoms with Gasteiger partial charge in [-0.25, -0.2) is 9.67 Å². The van der Waals surface area contributed by atoms with Gasteiger partial charge in [-0.3, -0.25) is 4.79 Å². The summed E-state index contributed by atoms with van der Waals surface area (Å²) < 4.78 is 7.08. The van der Waals surface area contributed by atoms with Crippen LogP contribution in [-0.2, 0) is 17.8 Å². The lowest BCUT2D eigenvalue weighted by molar-refractivity contribution is -0.115. The summed E-state index contributed by atoms with van der Waals surface area (Å²) >= 11 is 0. The Morgan fingerprint density at radius 2 is 1.93 bits per heavy atom. The molecule has 1 N–H and O–H groups in total. The highest BCUT2D eigenvalue weighted by molar-refractivity contribution is 6.03. The minimum absolute atomic E-state index is 0.105. The number of aryl methyl sites for hydroxylation is 2. The number of unbranched alkanes of at least 4 members (excludes halogenated alkanes) is 1. The molecule has 0 bridgehead atoms. The lowest BCUT2D eigenvalue weighted by Gasteiger charge is -2.05. The number of hydrogen-bond donors (Lipinski definition) is 1. The standard InChI is InChI=1S/C24H26N4O2/c1-4-5-12-28-24-20(15-18-13-16(2)6-11-21(18)25-24)23(27-28)26-22(29)14-17-7-9-19(30-3)10-8-17/h6-11,13,15H,4-5,12,14H2,1-3H3,(H,26,27,29). The van der Waals surface area contributed by atoms with Gasteiger partial charge in [0.05, 0.1) is 24.4 Å². The van der Waals surface area contributed by atoms with Gasteiger partial charge in [-0.15, -0.1) is 0 Å². The van der Waals surface area contributed by atoms with E-state index in [1.54, 1.807) is 7.11 Å². The molecular formula is C24H26N4O2. The zero-order valence-corrected chi connectivity index (χ0v) is 17.6. The quantitative estimate of drug-likeness (QED) is 0.478. The SMILES string of the molecule is CCCCn1nc(NC(=O)Cc2ccc(OC)cc2)c2cc3cc(C)ccc3nc21. The van der Waals surface area contributed by atoms with E-state index in [0.29, 0.717) is 5.82 Å². The number of amides is 1. The van der Waals surface area contributed by atoms with Crippen LogP contribution in [0, 0.1) is 6.92 Å². The first kappa shape index (κ1) is 19.9. The van der Waals surface area contributed by atoms with Crippen molar-refractivity contribution in [3.8, 4) is 5.75 Å². The average Bonchev–Trinajstić information content (AvgIpc) is 3.07. The van der Waals surface area contributed by atoms with Crippen LogP contribution in [0.1, 0.15) is 30.9 Å². The predicted molar refractivity (Wildman–Crippen MR) is 120 cm³/mol. The fourth-order valence-corrected chi connectivity index (χ4v) is 3.54. The number of fused-ring (bicyclic) bond motifs is 2. The molecule has 0 atom stereocenters. The Labute approximate surface area is 175 Å². The van der Waals surface area contributed by atoms with Crippen LogP contribution in [0.25, 0.3) is 21.9 Å². The number of aromatic nitrogens is 3. The molecule has 0 aliphatic heterocycles. The second-order valence-electron chi connectivity index (χ2n) is 7.55. The first-order valence-corrected chi connectivity index (χ1v) is 10.3. The molecule has 30 heavy (non-hydrogen) atoms. The van der Waals surface area contributed by atoms with Crippen molar-refractivity contribution in [3.63, 3.8) is 0 Å². The van der Waals surface area contributed by atoms with Crippen molar-refractivity contribution in [1.82, 2.24) is 14.8 Å². The molecule has 6 heteroatoms. The van der Waals surface area contributed by atoms with Crippen molar-refractivity contribution >= 4 is 33.7 Å². The Bertz CT molecular complexity index is 1200. The van der Waals surface area contributed by atoms with Gasteiger partial charge >= 0.3 is 0 Å². The fraction of sp³-hybridized carbons (Fsp3) is 0.292. The highest BCUT2D eigenvalue weighted by Crippen LogP contribution is 2.27. The highest BCUT2D eigenvalue weighted by Gasteiger charge is 2.16. The molecule has 4 aromatic rings. The van der Waals surface area contributed by atoms with Crippen molar-refractivity contribution in [3.05, 3.63) is 59.7 Å². The normalized spacial score (nSPS) is 11.2. The van der Waals surface area contributed by atoms with E-state index in [1.807, 2.05) is 35.0 Å². The van der Waals surface area contributed by atoms with Crippen molar-refractivity contribution in [2.24, 2.45) is 0 Å². The Kier molecular flexibility index (Phi) is 5.65. The van der Waals surface area contributed by atoms with Gasteiger partial charge in [0.25, 0.3) is 0 Å². The summed E-state index contributed by atoms with van der Waals surface area (Å²) in [5, 5.41) is 9.59. The number of methoxy groups -OCH3 is 1. The number of rotatable bonds is 7. The fourth-order valence-electron chi connectivity index (χ4n) is 3.54. The van der Waals surface area contributed by atoms with Gasteiger partial charge < -0.3 is 10.1 Å². The van der Waals surface area contributed by atoms with Crippen LogP contribution in [0.15, 0.2) is 48.5 Å². The number of carbonyl (C=O) groups is 1. The van der Waals surface area contributed by atoms with E-state index in [4.69, 9.17) is 9.72 Å². The smallest absolute Gasteiger partial charge is 0.230 e. The monoisotopic (exact) mass is 402 g/mol. The van der Waals surface area contributed by atoms with Gasteiger partial charge in [0.2, 0.25) is 5.91 Å². The molecule has 0 unspecified atom stereocenters. The molecule has 154 valence electrons. The van der Waals surface area contributed by atoms with E-state index >= 15 is 0 Å². The molecule has 2 heterocycles. The molecule has 2 aromatic heterocycles. The van der Waals surface area contributed by atoms with Gasteiger partial charge in [-0.2, -0.15) is 5.10 Å². The summed E-state index contributed by atoms with van der Waals surface area (Å²) in [6, 6.07) is 15.8. The van der Waals surface area contributed by atoms with E-state index in [2.05, 4.69) is 42.5 Å². The van der Waals surface area contributed by atoms with Gasteiger partial charge in [0, 0.05) is 11.9 Å². The van der Waals surface area contributed by atoms with Crippen molar-refractivity contribution in [2.75, 3.05) is 12.4 Å². The second-order valence-corrected chi connectivity index (χ2v) is 7.55. The first-order chi connectivity index (χ1) is 14.6. The number of hydrogen-bond acceptors (Lipinski definition) is 4. The lowest BCUT2D eigenvalue weighted by atomic mass is 10.1. The molecule has 0 aliphatic carbocycles. The Morgan fingerprint density at radius 3 is 2.67 bits per heavy atom. The van der Waals surface area contributed by atoms with Crippen LogP contribution in [-0.4, -0.2) is 27.8 Å². The van der Waals surface area contributed by atoms with E-state index in [-0.39, 0.29) is 12.3 Å². The maximum atomic E-state index is 12.7. The number of carbonyl (C=O) groups excluding carboxylic acids is 1. The minimum atomic E-state index is -0.105. The maximum absolute atomic E-state index is 12.7. The second kappa shape index (κ2) is 8.53. The zero-order chi connectivity index (χ0) is 21.1. The lowest BCUT2D eigenvalue weighted by Crippen LogP contribution is -2.15. The minimum Gasteiger partial charge on any atom is -0.497 e. The number of anilines is 1. The molecule has 2 aromatic carbocycles. The average molecular weight is 402 g/mol. The highest BCUT2D eigenvalue weighted by atomic mass is 16.5. The summed E-state index contributed by atoms with van der Waals surface area (Å²) in [7, 11) is 1.63. The van der Waals surface area contributed by atoms with Gasteiger partial charge in [-0.1, -0.05) is 37.1 Å². The van der Waals surface area contributed by atoms with E-state index in [0.717, 1.165) is 52.6 Å². The summed E-state index contributed by atoms with van der Waals surface area (Å²) in [4.78, 5) is 17.5. The molecule has 0 saturated carbocycles. The topological polar surface area (TPSA) is 69.0 Å². The third-order valence-electron chi connectivity index (χ3n) is 5.18. The summed E-state index contributed by atoms with van der Waals surface area (Å²) in [5.41, 5.74) is 3.83. The number of nitrogens with zero attached hydrogens (tertiary/aromatic N) is 3. The van der Waals surface area contributed by atoms with Crippen LogP contribution in [0.3, 0.4) is 0 Å². The molecule has 0 aliphatic rings.